The van der Waals surface area contributed by atoms with Gasteiger partial charge in [-0.1, -0.05) is 46.3 Å². The number of esters is 1. The van der Waals surface area contributed by atoms with Crippen LogP contribution in [0, 0.1) is 0 Å². The van der Waals surface area contributed by atoms with Gasteiger partial charge >= 0.3 is 5.97 Å². The maximum absolute atomic E-state index is 12.8. The lowest BCUT2D eigenvalue weighted by atomic mass is 9.98. The van der Waals surface area contributed by atoms with Crippen LogP contribution in [0.4, 0.5) is 5.69 Å². The fraction of sp³-hybridized carbons (Fsp3) is 0.238. The molecule has 1 N–H and O–H groups in total. The van der Waals surface area contributed by atoms with Gasteiger partial charge in [0, 0.05) is 10.2 Å². The van der Waals surface area contributed by atoms with Gasteiger partial charge in [-0.3, -0.25) is 9.69 Å². The number of carbonyl (C=O) groups excluding carboxylic acids is 2. The van der Waals surface area contributed by atoms with Crippen molar-refractivity contribution in [3.63, 3.8) is 0 Å². The third kappa shape index (κ3) is 3.90. The molecule has 0 aromatic heterocycles. The van der Waals surface area contributed by atoms with Crippen LogP contribution in [0.3, 0.4) is 0 Å². The molecule has 0 spiro atoms. The standard InChI is InChI=1S/C21H20BrNO4/c1-21(2,3)27-20(26)16-17(13-9-11-14(22)12-10-13)23(19(25)18(16)24)15-7-5-4-6-8-15/h4-12,17,24H,1-3H3/t17-/m0/s1. The number of aliphatic hydroxyl groups excluding tert-OH is 1. The number of halogens is 1. The quantitative estimate of drug-likeness (QED) is 0.718. The van der Waals surface area contributed by atoms with E-state index >= 15 is 0 Å². The molecule has 3 rings (SSSR count). The molecule has 0 saturated carbocycles. The Bertz CT molecular complexity index is 898. The number of amides is 1. The van der Waals surface area contributed by atoms with Gasteiger partial charge in [-0.25, -0.2) is 4.79 Å². The van der Waals surface area contributed by atoms with Gasteiger partial charge in [0.05, 0.1) is 6.04 Å². The number of carbonyl (C=O) groups is 2. The topological polar surface area (TPSA) is 66.8 Å². The van der Waals surface area contributed by atoms with Gasteiger partial charge in [0.1, 0.15) is 11.2 Å². The molecule has 1 aliphatic heterocycles. The second kappa shape index (κ2) is 7.19. The molecule has 2 aromatic rings. The van der Waals surface area contributed by atoms with Crippen molar-refractivity contribution in [3.05, 3.63) is 76.0 Å². The van der Waals surface area contributed by atoms with Crippen molar-refractivity contribution in [1.29, 1.82) is 0 Å². The van der Waals surface area contributed by atoms with E-state index in [0.29, 0.717) is 11.3 Å². The van der Waals surface area contributed by atoms with Crippen LogP contribution in [-0.4, -0.2) is 22.6 Å². The number of rotatable bonds is 3. The van der Waals surface area contributed by atoms with Crippen LogP contribution in [0.1, 0.15) is 32.4 Å². The second-order valence-electron chi connectivity index (χ2n) is 7.23. The maximum Gasteiger partial charge on any atom is 0.341 e. The van der Waals surface area contributed by atoms with Crippen molar-refractivity contribution in [2.24, 2.45) is 0 Å². The lowest BCUT2D eigenvalue weighted by Gasteiger charge is -2.28. The Labute approximate surface area is 166 Å². The Morgan fingerprint density at radius 1 is 1.07 bits per heavy atom. The van der Waals surface area contributed by atoms with E-state index in [4.69, 9.17) is 4.74 Å². The summed E-state index contributed by atoms with van der Waals surface area (Å²) >= 11 is 3.39. The average molecular weight is 430 g/mol. The Balaban J connectivity index is 2.13. The molecule has 1 amide bonds. The molecule has 140 valence electrons. The highest BCUT2D eigenvalue weighted by molar-refractivity contribution is 9.10. The third-order valence-electron chi connectivity index (χ3n) is 4.05. The van der Waals surface area contributed by atoms with Crippen molar-refractivity contribution in [2.75, 3.05) is 4.90 Å². The molecule has 1 aliphatic rings. The van der Waals surface area contributed by atoms with Gasteiger partial charge in [-0.2, -0.15) is 0 Å². The first-order valence-corrected chi connectivity index (χ1v) is 9.29. The molecule has 0 aliphatic carbocycles. The number of para-hydroxylation sites is 1. The summed E-state index contributed by atoms with van der Waals surface area (Å²) < 4.78 is 6.32. The number of nitrogens with zero attached hydrogens (tertiary/aromatic N) is 1. The van der Waals surface area contributed by atoms with Crippen LogP contribution in [0.15, 0.2) is 70.4 Å². The molecule has 0 bridgehead atoms. The maximum atomic E-state index is 12.8. The fourth-order valence-corrected chi connectivity index (χ4v) is 3.23. The predicted octanol–water partition coefficient (Wildman–Crippen LogP) is 4.69. The summed E-state index contributed by atoms with van der Waals surface area (Å²) in [6.07, 6.45) is 0. The number of hydrogen-bond donors (Lipinski definition) is 1. The summed E-state index contributed by atoms with van der Waals surface area (Å²) in [4.78, 5) is 27.1. The minimum atomic E-state index is -0.775. The summed E-state index contributed by atoms with van der Waals surface area (Å²) in [5, 5.41) is 10.5. The highest BCUT2D eigenvalue weighted by Crippen LogP contribution is 2.41. The lowest BCUT2D eigenvalue weighted by molar-refractivity contribution is -0.150. The highest BCUT2D eigenvalue weighted by atomic mass is 79.9. The van der Waals surface area contributed by atoms with Gasteiger partial charge in [-0.05, 0) is 50.6 Å². The van der Waals surface area contributed by atoms with Crippen molar-refractivity contribution in [3.8, 4) is 0 Å². The second-order valence-corrected chi connectivity index (χ2v) is 8.14. The third-order valence-corrected chi connectivity index (χ3v) is 4.58. The summed E-state index contributed by atoms with van der Waals surface area (Å²) in [6, 6.07) is 15.4. The van der Waals surface area contributed by atoms with Crippen molar-refractivity contribution in [2.45, 2.75) is 32.4 Å². The number of hydrogen-bond acceptors (Lipinski definition) is 4. The number of ether oxygens (including phenoxy) is 1. The lowest BCUT2D eigenvalue weighted by Crippen LogP contribution is -2.32. The zero-order valence-electron chi connectivity index (χ0n) is 15.3. The summed E-state index contributed by atoms with van der Waals surface area (Å²) in [7, 11) is 0. The van der Waals surface area contributed by atoms with Crippen LogP contribution in [0.5, 0.6) is 0 Å². The minimum Gasteiger partial charge on any atom is -0.503 e. The smallest absolute Gasteiger partial charge is 0.341 e. The molecule has 1 atom stereocenters. The van der Waals surface area contributed by atoms with Crippen LogP contribution in [0.25, 0.3) is 0 Å². The summed E-state index contributed by atoms with van der Waals surface area (Å²) in [5.74, 6) is -1.92. The molecule has 0 saturated heterocycles. The van der Waals surface area contributed by atoms with Crippen molar-refractivity contribution in [1.82, 2.24) is 0 Å². The first-order chi connectivity index (χ1) is 12.7. The molecule has 27 heavy (non-hydrogen) atoms. The molecule has 0 fully saturated rings. The van der Waals surface area contributed by atoms with Gasteiger partial charge in [0.25, 0.3) is 5.91 Å². The zero-order valence-corrected chi connectivity index (χ0v) is 16.9. The van der Waals surface area contributed by atoms with Gasteiger partial charge in [-0.15, -0.1) is 0 Å². The predicted molar refractivity (Wildman–Crippen MR) is 106 cm³/mol. The van der Waals surface area contributed by atoms with Crippen molar-refractivity contribution < 1.29 is 19.4 Å². The van der Waals surface area contributed by atoms with E-state index in [1.807, 2.05) is 18.2 Å². The van der Waals surface area contributed by atoms with E-state index in [0.717, 1.165) is 4.47 Å². The van der Waals surface area contributed by atoms with Crippen LogP contribution in [0.2, 0.25) is 0 Å². The van der Waals surface area contributed by atoms with Gasteiger partial charge < -0.3 is 9.84 Å². The Morgan fingerprint density at radius 2 is 1.67 bits per heavy atom. The number of benzene rings is 2. The molecule has 5 nitrogen and oxygen atoms in total. The Morgan fingerprint density at radius 3 is 2.22 bits per heavy atom. The Hall–Kier alpha value is -2.60. The van der Waals surface area contributed by atoms with Crippen LogP contribution in [-0.2, 0) is 14.3 Å². The van der Waals surface area contributed by atoms with Crippen molar-refractivity contribution >= 4 is 33.5 Å². The summed E-state index contributed by atoms with van der Waals surface area (Å²) in [5.41, 5.74) is 0.472. The molecule has 1 heterocycles. The molecule has 0 radical (unpaired) electrons. The minimum absolute atomic E-state index is 0.0545. The van der Waals surface area contributed by atoms with E-state index < -0.39 is 29.3 Å². The molecule has 2 aromatic carbocycles. The summed E-state index contributed by atoms with van der Waals surface area (Å²) in [6.45, 7) is 5.22. The first kappa shape index (κ1) is 19.2. The monoisotopic (exact) mass is 429 g/mol. The largest absolute Gasteiger partial charge is 0.503 e. The Kier molecular flexibility index (Phi) is 5.11. The molecule has 0 unspecified atom stereocenters. The average Bonchev–Trinajstić information content (AvgIpc) is 2.86. The molecule has 6 heteroatoms. The highest BCUT2D eigenvalue weighted by Gasteiger charge is 2.45. The SMILES string of the molecule is CC(C)(C)OC(=O)C1=C(O)C(=O)N(c2ccccc2)[C@H]1c1ccc(Br)cc1. The first-order valence-electron chi connectivity index (χ1n) is 8.49. The van der Waals surface area contributed by atoms with E-state index in [2.05, 4.69) is 15.9 Å². The molecular formula is C21H20BrNO4. The van der Waals surface area contributed by atoms with E-state index in [1.165, 1.54) is 4.90 Å². The van der Waals surface area contributed by atoms with Gasteiger partial charge in [0.15, 0.2) is 5.76 Å². The van der Waals surface area contributed by atoms with E-state index in [-0.39, 0.29) is 5.57 Å². The van der Waals surface area contributed by atoms with Crippen LogP contribution < -0.4 is 4.90 Å². The zero-order chi connectivity index (χ0) is 19.8. The number of anilines is 1. The van der Waals surface area contributed by atoms with E-state index in [1.54, 1.807) is 57.2 Å². The van der Waals surface area contributed by atoms with Gasteiger partial charge in [0.2, 0.25) is 0 Å². The van der Waals surface area contributed by atoms with E-state index in [9.17, 15) is 14.7 Å². The molecular weight excluding hydrogens is 410 g/mol. The number of aliphatic hydroxyl groups is 1. The normalized spacial score (nSPS) is 17.4. The fourth-order valence-electron chi connectivity index (χ4n) is 2.96. The van der Waals surface area contributed by atoms with Crippen LogP contribution >= 0.6 is 15.9 Å².